The maximum Gasteiger partial charge on any atom is 0.306 e. The van der Waals surface area contributed by atoms with Crippen LogP contribution in [0, 0.1) is 35.5 Å². The van der Waals surface area contributed by atoms with Gasteiger partial charge in [0.15, 0.2) is 28.9 Å². The lowest BCUT2D eigenvalue weighted by Gasteiger charge is -2.25. The largest absolute Gasteiger partial charge is 0.481 e. The van der Waals surface area contributed by atoms with Gasteiger partial charge in [-0.2, -0.15) is 0 Å². The van der Waals surface area contributed by atoms with E-state index in [4.69, 9.17) is 5.73 Å². The number of nitrogens with zero attached hydrogens (tertiary/aromatic N) is 1. The molecule has 0 saturated carbocycles. The maximum atomic E-state index is 13.7. The molecule has 0 aromatic heterocycles. The van der Waals surface area contributed by atoms with Gasteiger partial charge in [-0.15, -0.1) is 0 Å². The standard InChI is InChI=1S/C45H72N6O13/c1-24(2)15-29(44(62)49-28(7)36(54)11-13-41(59)51-14-8-9-35(51)39(57)18-27(6)45(63)64)19-31(52)23-48-43(61)30(16-25(3)4)20-38(56)33(10-12-40(46)58)50-42(60)26(5)17-37(55)34-21-32(53)22-47-34/h24-30,32-35,47,53H,8-23H2,1-7H3,(H2,46,58)(H,48,61)(H,49,62)(H,50,60)(H,63,64)/t26-,27-,28+,29-,30-,32+,33+,34-,35+/m1/s1. The second kappa shape index (κ2) is 26.8. The molecule has 8 N–H and O–H groups in total. The molecular weight excluding hydrogens is 833 g/mol. The Hall–Kier alpha value is -4.91. The Bertz CT molecular complexity index is 1720. The van der Waals surface area contributed by atoms with Crippen LogP contribution >= 0.6 is 0 Å². The molecule has 64 heavy (non-hydrogen) atoms. The number of rotatable bonds is 30. The van der Waals surface area contributed by atoms with Crippen LogP contribution < -0.4 is 27.0 Å². The summed E-state index contributed by atoms with van der Waals surface area (Å²) < 4.78 is 0. The molecule has 2 aliphatic heterocycles. The lowest BCUT2D eigenvalue weighted by Crippen LogP contribution is -2.46. The molecule has 2 saturated heterocycles. The van der Waals surface area contributed by atoms with Crippen LogP contribution in [0.2, 0.25) is 0 Å². The Morgan fingerprint density at radius 2 is 1.33 bits per heavy atom. The number of aliphatic hydroxyl groups excluding tert-OH is 1. The first kappa shape index (κ1) is 55.2. The van der Waals surface area contributed by atoms with Gasteiger partial charge < -0.3 is 42.1 Å². The van der Waals surface area contributed by atoms with Crippen LogP contribution in [-0.2, 0) is 52.7 Å². The summed E-state index contributed by atoms with van der Waals surface area (Å²) in [5, 5.41) is 29.7. The highest BCUT2D eigenvalue weighted by Gasteiger charge is 2.36. The summed E-state index contributed by atoms with van der Waals surface area (Å²) >= 11 is 0. The molecule has 360 valence electrons. The lowest BCUT2D eigenvalue weighted by atomic mass is 9.88. The second-order valence-electron chi connectivity index (χ2n) is 18.6. The van der Waals surface area contributed by atoms with Crippen molar-refractivity contribution >= 4 is 64.4 Å². The number of carboxylic acid groups (broad SMARTS) is 1. The van der Waals surface area contributed by atoms with Crippen LogP contribution in [0.25, 0.3) is 0 Å². The first-order valence-corrected chi connectivity index (χ1v) is 22.6. The van der Waals surface area contributed by atoms with Gasteiger partial charge in [0.1, 0.15) is 0 Å². The minimum atomic E-state index is -1.19. The summed E-state index contributed by atoms with van der Waals surface area (Å²) in [5.74, 6) is -9.64. The fraction of sp³-hybridized carbons (Fsp3) is 0.756. The number of aliphatic carboxylic acids is 1. The number of aliphatic hydroxyl groups is 1. The molecular formula is C45H72N6O13. The van der Waals surface area contributed by atoms with Crippen molar-refractivity contribution in [3.63, 3.8) is 0 Å². The molecule has 0 aromatic carbocycles. The highest BCUT2D eigenvalue weighted by atomic mass is 16.4. The molecule has 2 fully saturated rings. The average molecular weight is 905 g/mol. The first-order valence-electron chi connectivity index (χ1n) is 22.6. The van der Waals surface area contributed by atoms with Crippen molar-refractivity contribution in [1.29, 1.82) is 0 Å². The summed E-state index contributed by atoms with van der Waals surface area (Å²) in [6.45, 7) is 11.9. The van der Waals surface area contributed by atoms with Gasteiger partial charge in [-0.25, -0.2) is 0 Å². The van der Waals surface area contributed by atoms with Crippen molar-refractivity contribution in [2.45, 2.75) is 162 Å². The number of nitrogens with one attached hydrogen (secondary N) is 4. The quantitative estimate of drug-likeness (QED) is 0.0528. The van der Waals surface area contributed by atoms with Crippen LogP contribution in [0.1, 0.15) is 132 Å². The van der Waals surface area contributed by atoms with Crippen LogP contribution in [0.5, 0.6) is 0 Å². The summed E-state index contributed by atoms with van der Waals surface area (Å²) in [6, 6.07) is -3.52. The van der Waals surface area contributed by atoms with Crippen LogP contribution in [0.4, 0.5) is 0 Å². The van der Waals surface area contributed by atoms with Crippen molar-refractivity contribution in [2.24, 2.45) is 41.2 Å². The third-order valence-corrected chi connectivity index (χ3v) is 11.8. The molecule has 19 nitrogen and oxygen atoms in total. The fourth-order valence-corrected chi connectivity index (χ4v) is 8.11. The number of Topliss-reactive ketones (excluding diaryl/α,β-unsaturated/α-hetero) is 5. The van der Waals surface area contributed by atoms with Gasteiger partial charge in [-0.3, -0.25) is 52.7 Å². The molecule has 0 unspecified atom stereocenters. The number of hydrogen-bond acceptors (Lipinski definition) is 13. The van der Waals surface area contributed by atoms with E-state index in [1.165, 1.54) is 25.7 Å². The second-order valence-corrected chi connectivity index (χ2v) is 18.6. The molecule has 9 atom stereocenters. The maximum absolute atomic E-state index is 13.7. The number of carbonyl (C=O) groups is 11. The summed E-state index contributed by atoms with van der Waals surface area (Å²) in [5.41, 5.74) is 5.34. The van der Waals surface area contributed by atoms with E-state index >= 15 is 0 Å². The SMILES string of the molecule is CC(C)C[C@H](CC(=O)[C@H](CCC(N)=O)NC(=O)[C@H](C)CC(=O)[C@H]1C[C@H](O)CN1)C(=O)NCC(=O)C[C@@H](CC(C)C)C(=O)N[C@@H](C)C(=O)CCC(=O)N1CCC[C@H]1C(=O)C[C@@H](C)C(=O)O. The molecule has 2 heterocycles. The predicted molar refractivity (Wildman–Crippen MR) is 233 cm³/mol. The Kier molecular flexibility index (Phi) is 23.1. The molecule has 0 bridgehead atoms. The molecule has 0 aromatic rings. The van der Waals surface area contributed by atoms with E-state index in [0.717, 1.165) is 0 Å². The van der Waals surface area contributed by atoms with Crippen molar-refractivity contribution < 1.29 is 63.0 Å². The normalized spacial score (nSPS) is 20.1. The highest BCUT2D eigenvalue weighted by Crippen LogP contribution is 2.24. The number of nitrogens with two attached hydrogens (primary N) is 1. The molecule has 2 aliphatic rings. The van der Waals surface area contributed by atoms with Crippen molar-refractivity contribution in [3.05, 3.63) is 0 Å². The monoisotopic (exact) mass is 905 g/mol. The van der Waals surface area contributed by atoms with Crippen LogP contribution in [0.3, 0.4) is 0 Å². The molecule has 19 heteroatoms. The third kappa shape index (κ3) is 19.1. The predicted octanol–water partition coefficient (Wildman–Crippen LogP) is 0.939. The van der Waals surface area contributed by atoms with Gasteiger partial charge in [-0.05, 0) is 57.3 Å². The Morgan fingerprint density at radius 1 is 0.719 bits per heavy atom. The molecule has 5 amide bonds. The molecule has 0 aliphatic carbocycles. The third-order valence-electron chi connectivity index (χ3n) is 11.8. The van der Waals surface area contributed by atoms with Crippen molar-refractivity contribution in [1.82, 2.24) is 26.2 Å². The van der Waals surface area contributed by atoms with E-state index in [1.807, 2.05) is 27.7 Å². The number of β-amino-alcohol motifs (C(OH)–C–C–N with tert-alkyl or cyclic N) is 1. The van der Waals surface area contributed by atoms with E-state index in [9.17, 15) is 63.0 Å². The zero-order chi connectivity index (χ0) is 48.4. The van der Waals surface area contributed by atoms with Gasteiger partial charge >= 0.3 is 5.97 Å². The van der Waals surface area contributed by atoms with Crippen LogP contribution in [-0.4, -0.2) is 129 Å². The zero-order valence-electron chi connectivity index (χ0n) is 38.6. The average Bonchev–Trinajstić information content (AvgIpc) is 3.89. The van der Waals surface area contributed by atoms with Crippen molar-refractivity contribution in [3.8, 4) is 0 Å². The number of amides is 5. The Labute approximate surface area is 375 Å². The highest BCUT2D eigenvalue weighted by molar-refractivity contribution is 5.97. The summed E-state index contributed by atoms with van der Waals surface area (Å²) in [4.78, 5) is 143. The van der Waals surface area contributed by atoms with Gasteiger partial charge in [0.05, 0.1) is 42.7 Å². The minimum Gasteiger partial charge on any atom is -0.481 e. The van der Waals surface area contributed by atoms with E-state index < -0.39 is 113 Å². The van der Waals surface area contributed by atoms with Gasteiger partial charge in [0.2, 0.25) is 29.5 Å². The first-order chi connectivity index (χ1) is 29.9. The smallest absolute Gasteiger partial charge is 0.306 e. The zero-order valence-corrected chi connectivity index (χ0v) is 38.6. The molecule has 0 radical (unpaired) electrons. The number of carbonyl (C=O) groups excluding carboxylic acids is 10. The topological polar surface area (TPSA) is 306 Å². The van der Waals surface area contributed by atoms with E-state index in [-0.39, 0.29) is 101 Å². The number of ketones is 5. The Morgan fingerprint density at radius 3 is 1.89 bits per heavy atom. The van der Waals surface area contributed by atoms with E-state index in [0.29, 0.717) is 19.4 Å². The minimum absolute atomic E-state index is 0.0254. The summed E-state index contributed by atoms with van der Waals surface area (Å²) in [6.07, 6.45) is -0.670. The van der Waals surface area contributed by atoms with E-state index in [1.54, 1.807) is 0 Å². The Balaban J connectivity index is 2.00. The summed E-state index contributed by atoms with van der Waals surface area (Å²) in [7, 11) is 0. The number of primary amides is 1. The molecule has 2 rings (SSSR count). The van der Waals surface area contributed by atoms with E-state index in [2.05, 4.69) is 21.3 Å². The van der Waals surface area contributed by atoms with Crippen LogP contribution in [0.15, 0.2) is 0 Å². The number of hydrogen-bond donors (Lipinski definition) is 7. The van der Waals surface area contributed by atoms with Gasteiger partial charge in [-0.1, -0.05) is 41.5 Å². The van der Waals surface area contributed by atoms with Gasteiger partial charge in [0, 0.05) is 75.8 Å². The van der Waals surface area contributed by atoms with Gasteiger partial charge in [0.25, 0.3) is 0 Å². The number of likely N-dealkylation sites (tertiary alicyclic amines) is 1. The molecule has 0 spiro atoms. The van der Waals surface area contributed by atoms with Crippen molar-refractivity contribution in [2.75, 3.05) is 19.6 Å². The fourth-order valence-electron chi connectivity index (χ4n) is 8.11. The lowest BCUT2D eigenvalue weighted by molar-refractivity contribution is -0.144. The number of carboxylic acids is 1.